The molecule has 4 N–H and O–H groups in total. The summed E-state index contributed by atoms with van der Waals surface area (Å²) in [7, 11) is 0. The zero-order valence-electron chi connectivity index (χ0n) is 10.7. The predicted octanol–water partition coefficient (Wildman–Crippen LogP) is 1.80. The molecule has 0 aromatic heterocycles. The lowest BCUT2D eigenvalue weighted by atomic mass is 10.2. The Labute approximate surface area is 123 Å². The van der Waals surface area contributed by atoms with E-state index in [0.29, 0.717) is 17.8 Å². The number of hydrogen-bond acceptors (Lipinski definition) is 3. The molecule has 0 saturated heterocycles. The van der Waals surface area contributed by atoms with Gasteiger partial charge in [-0.1, -0.05) is 11.6 Å². The van der Waals surface area contributed by atoms with Crippen molar-refractivity contribution in [3.05, 3.63) is 28.8 Å². The molecule has 0 radical (unpaired) electrons. The molecular weight excluding hydrogens is 289 g/mol. The molecule has 5 nitrogen and oxygen atoms in total. The largest absolute Gasteiger partial charge is 0.352 e. The predicted molar refractivity (Wildman–Crippen MR) is 79.0 cm³/mol. The molecule has 19 heavy (non-hydrogen) atoms. The van der Waals surface area contributed by atoms with Gasteiger partial charge in [-0.3, -0.25) is 9.59 Å². The minimum absolute atomic E-state index is 0. The summed E-state index contributed by atoms with van der Waals surface area (Å²) in [5, 5.41) is 5.53. The first kappa shape index (κ1) is 17.7. The summed E-state index contributed by atoms with van der Waals surface area (Å²) >= 11 is 5.98. The SMILES string of the molecule is CCNC(=O)c1ccc(NC(=O)C(C)N)cc1Cl.Cl. The van der Waals surface area contributed by atoms with E-state index < -0.39 is 6.04 Å². The molecule has 0 aliphatic carbocycles. The molecule has 0 spiro atoms. The normalized spacial score (nSPS) is 11.2. The van der Waals surface area contributed by atoms with Crippen molar-refractivity contribution in [2.24, 2.45) is 5.73 Å². The summed E-state index contributed by atoms with van der Waals surface area (Å²) < 4.78 is 0. The number of rotatable bonds is 4. The first-order chi connectivity index (χ1) is 8.45. The lowest BCUT2D eigenvalue weighted by Crippen LogP contribution is -2.32. The maximum absolute atomic E-state index is 11.6. The summed E-state index contributed by atoms with van der Waals surface area (Å²) in [5.41, 5.74) is 6.31. The van der Waals surface area contributed by atoms with Crippen molar-refractivity contribution in [1.82, 2.24) is 5.32 Å². The Kier molecular flexibility index (Phi) is 7.44. The van der Waals surface area contributed by atoms with Crippen molar-refractivity contribution >= 4 is 41.5 Å². The molecular formula is C12H17Cl2N3O2. The Balaban J connectivity index is 0.00000324. The quantitative estimate of drug-likeness (QED) is 0.793. The number of hydrogen-bond donors (Lipinski definition) is 3. The second-order valence-corrected chi connectivity index (χ2v) is 4.24. The van der Waals surface area contributed by atoms with Crippen molar-refractivity contribution < 1.29 is 9.59 Å². The number of nitrogens with one attached hydrogen (secondary N) is 2. The van der Waals surface area contributed by atoms with Gasteiger partial charge in [-0.05, 0) is 32.0 Å². The molecule has 1 unspecified atom stereocenters. The molecule has 1 aromatic carbocycles. The second kappa shape index (κ2) is 7.99. The molecule has 0 bridgehead atoms. The van der Waals surface area contributed by atoms with Crippen LogP contribution in [0.5, 0.6) is 0 Å². The molecule has 0 heterocycles. The third-order valence-corrected chi connectivity index (χ3v) is 2.54. The van der Waals surface area contributed by atoms with E-state index in [2.05, 4.69) is 10.6 Å². The van der Waals surface area contributed by atoms with Crippen LogP contribution >= 0.6 is 24.0 Å². The van der Waals surface area contributed by atoms with Gasteiger partial charge in [0.1, 0.15) is 0 Å². The van der Waals surface area contributed by atoms with E-state index in [1.165, 1.54) is 6.07 Å². The van der Waals surface area contributed by atoms with E-state index in [0.717, 1.165) is 0 Å². The van der Waals surface area contributed by atoms with Crippen LogP contribution in [0.1, 0.15) is 24.2 Å². The van der Waals surface area contributed by atoms with Gasteiger partial charge in [-0.25, -0.2) is 0 Å². The van der Waals surface area contributed by atoms with Gasteiger partial charge >= 0.3 is 0 Å². The van der Waals surface area contributed by atoms with Gasteiger partial charge < -0.3 is 16.4 Å². The molecule has 0 aliphatic heterocycles. The molecule has 106 valence electrons. The summed E-state index contributed by atoms with van der Waals surface area (Å²) in [6, 6.07) is 4.08. The van der Waals surface area contributed by atoms with Gasteiger partial charge in [-0.15, -0.1) is 12.4 Å². The fourth-order valence-electron chi connectivity index (χ4n) is 1.29. The van der Waals surface area contributed by atoms with Crippen molar-refractivity contribution in [2.45, 2.75) is 19.9 Å². The number of amides is 2. The average Bonchev–Trinajstić information content (AvgIpc) is 2.29. The van der Waals surface area contributed by atoms with Crippen LogP contribution < -0.4 is 16.4 Å². The first-order valence-corrected chi connectivity index (χ1v) is 5.97. The summed E-state index contributed by atoms with van der Waals surface area (Å²) in [5.74, 6) is -0.551. The molecule has 0 fully saturated rings. The highest BCUT2D eigenvalue weighted by molar-refractivity contribution is 6.34. The first-order valence-electron chi connectivity index (χ1n) is 5.60. The smallest absolute Gasteiger partial charge is 0.252 e. The highest BCUT2D eigenvalue weighted by Gasteiger charge is 2.12. The number of benzene rings is 1. The minimum Gasteiger partial charge on any atom is -0.352 e. The van der Waals surface area contributed by atoms with Crippen molar-refractivity contribution in [2.75, 3.05) is 11.9 Å². The van der Waals surface area contributed by atoms with Crippen molar-refractivity contribution in [1.29, 1.82) is 0 Å². The Bertz CT molecular complexity index is 464. The Morgan fingerprint density at radius 3 is 2.53 bits per heavy atom. The average molecular weight is 306 g/mol. The standard InChI is InChI=1S/C12H16ClN3O2.ClH/c1-3-15-12(18)9-5-4-8(6-10(9)13)16-11(17)7(2)14;/h4-7H,3,14H2,1-2H3,(H,15,18)(H,16,17);1H. The fraction of sp³-hybridized carbons (Fsp3) is 0.333. The lowest BCUT2D eigenvalue weighted by molar-refractivity contribution is -0.117. The second-order valence-electron chi connectivity index (χ2n) is 3.83. The van der Waals surface area contributed by atoms with E-state index in [4.69, 9.17) is 17.3 Å². The van der Waals surface area contributed by atoms with E-state index in [9.17, 15) is 9.59 Å². The third-order valence-electron chi connectivity index (χ3n) is 2.23. The van der Waals surface area contributed by atoms with Crippen molar-refractivity contribution in [3.8, 4) is 0 Å². The molecule has 1 aromatic rings. The summed E-state index contributed by atoms with van der Waals surface area (Å²) in [6.07, 6.45) is 0. The fourth-order valence-corrected chi connectivity index (χ4v) is 1.56. The van der Waals surface area contributed by atoms with E-state index in [1.54, 1.807) is 19.1 Å². The molecule has 0 saturated carbocycles. The van der Waals surface area contributed by atoms with Crippen LogP contribution in [0.2, 0.25) is 5.02 Å². The summed E-state index contributed by atoms with van der Waals surface area (Å²) in [4.78, 5) is 23.0. The Morgan fingerprint density at radius 1 is 1.42 bits per heavy atom. The number of halogens is 2. The number of carbonyl (C=O) groups is 2. The monoisotopic (exact) mass is 305 g/mol. The van der Waals surface area contributed by atoms with Gasteiger partial charge in [-0.2, -0.15) is 0 Å². The van der Waals surface area contributed by atoms with E-state index >= 15 is 0 Å². The van der Waals surface area contributed by atoms with Crippen LogP contribution in [0.4, 0.5) is 5.69 Å². The maximum atomic E-state index is 11.6. The van der Waals surface area contributed by atoms with Gasteiger partial charge in [0.25, 0.3) is 5.91 Å². The van der Waals surface area contributed by atoms with Gasteiger partial charge in [0.2, 0.25) is 5.91 Å². The highest BCUT2D eigenvalue weighted by atomic mass is 35.5. The zero-order valence-corrected chi connectivity index (χ0v) is 12.3. The number of anilines is 1. The molecule has 7 heteroatoms. The van der Waals surface area contributed by atoms with E-state index in [1.807, 2.05) is 6.92 Å². The van der Waals surface area contributed by atoms with E-state index in [-0.39, 0.29) is 29.2 Å². The molecule has 0 aliphatic rings. The topological polar surface area (TPSA) is 84.2 Å². The number of carbonyl (C=O) groups excluding carboxylic acids is 2. The zero-order chi connectivity index (χ0) is 13.7. The van der Waals surface area contributed by atoms with Gasteiger partial charge in [0, 0.05) is 12.2 Å². The van der Waals surface area contributed by atoms with Crippen LogP contribution in [-0.4, -0.2) is 24.4 Å². The summed E-state index contributed by atoms with van der Waals surface area (Å²) in [6.45, 7) is 3.93. The Hall–Kier alpha value is -1.30. The van der Waals surface area contributed by atoms with Gasteiger partial charge in [0.05, 0.1) is 16.6 Å². The molecule has 1 atom stereocenters. The lowest BCUT2D eigenvalue weighted by Gasteiger charge is -2.10. The molecule has 2 amide bonds. The molecule has 1 rings (SSSR count). The van der Waals surface area contributed by atoms with Crippen LogP contribution in [-0.2, 0) is 4.79 Å². The van der Waals surface area contributed by atoms with Gasteiger partial charge in [0.15, 0.2) is 0 Å². The highest BCUT2D eigenvalue weighted by Crippen LogP contribution is 2.21. The van der Waals surface area contributed by atoms with Crippen LogP contribution in [0.15, 0.2) is 18.2 Å². The van der Waals surface area contributed by atoms with Crippen LogP contribution in [0.25, 0.3) is 0 Å². The number of nitrogens with two attached hydrogens (primary N) is 1. The minimum atomic E-state index is -0.605. The maximum Gasteiger partial charge on any atom is 0.252 e. The Morgan fingerprint density at radius 2 is 2.05 bits per heavy atom. The van der Waals surface area contributed by atoms with Crippen molar-refractivity contribution in [3.63, 3.8) is 0 Å². The third kappa shape index (κ3) is 5.06. The van der Waals surface area contributed by atoms with Crippen LogP contribution in [0.3, 0.4) is 0 Å². The van der Waals surface area contributed by atoms with Crippen LogP contribution in [0, 0.1) is 0 Å².